The Morgan fingerprint density at radius 3 is 1.55 bits per heavy atom. The van der Waals surface area contributed by atoms with Gasteiger partial charge in [-0.2, -0.15) is 0 Å². The summed E-state index contributed by atoms with van der Waals surface area (Å²) in [6.07, 6.45) is 17.6. The van der Waals surface area contributed by atoms with Crippen LogP contribution < -0.4 is 0 Å². The Morgan fingerprint density at radius 1 is 0.636 bits per heavy atom. The first-order valence-corrected chi connectivity index (χ1v) is 10.6. The SMILES string of the molecule is CCCCCCCC1C(CCCCCC)C1C(C)CC(C)C. The van der Waals surface area contributed by atoms with Crippen LogP contribution in [-0.2, 0) is 0 Å². The molecule has 0 aromatic heterocycles. The quantitative estimate of drug-likeness (QED) is 0.286. The molecule has 1 fully saturated rings. The molecule has 0 nitrogen and oxygen atoms in total. The maximum Gasteiger partial charge on any atom is -0.0326 e. The van der Waals surface area contributed by atoms with Crippen LogP contribution in [0.4, 0.5) is 0 Å². The minimum Gasteiger partial charge on any atom is -0.0654 e. The van der Waals surface area contributed by atoms with Gasteiger partial charge in [0.25, 0.3) is 0 Å². The molecule has 0 N–H and O–H groups in total. The van der Waals surface area contributed by atoms with E-state index in [1.807, 2.05) is 0 Å². The lowest BCUT2D eigenvalue weighted by Gasteiger charge is -2.14. The smallest absolute Gasteiger partial charge is 0.0326 e. The van der Waals surface area contributed by atoms with Gasteiger partial charge < -0.3 is 0 Å². The van der Waals surface area contributed by atoms with E-state index in [-0.39, 0.29) is 0 Å². The summed E-state index contributed by atoms with van der Waals surface area (Å²) in [5.74, 6) is 5.11. The van der Waals surface area contributed by atoms with Gasteiger partial charge >= 0.3 is 0 Å². The zero-order valence-corrected chi connectivity index (χ0v) is 16.4. The topological polar surface area (TPSA) is 0 Å². The molecule has 1 saturated carbocycles. The number of hydrogen-bond donors (Lipinski definition) is 0. The lowest BCUT2D eigenvalue weighted by atomic mass is 9.92. The van der Waals surface area contributed by atoms with Gasteiger partial charge in [0.1, 0.15) is 0 Å². The zero-order chi connectivity index (χ0) is 16.4. The summed E-state index contributed by atoms with van der Waals surface area (Å²) in [7, 11) is 0. The second-order valence-electron chi connectivity index (χ2n) is 8.56. The number of hydrogen-bond acceptors (Lipinski definition) is 0. The largest absolute Gasteiger partial charge is 0.0654 e. The number of rotatable bonds is 14. The van der Waals surface area contributed by atoms with Crippen LogP contribution in [0.25, 0.3) is 0 Å². The van der Waals surface area contributed by atoms with Crippen molar-refractivity contribution in [2.45, 2.75) is 112 Å². The minimum atomic E-state index is 0.876. The van der Waals surface area contributed by atoms with E-state index < -0.39 is 0 Å². The Balaban J connectivity index is 2.30. The molecular weight excluding hydrogens is 264 g/mol. The molecule has 0 saturated heterocycles. The molecule has 22 heavy (non-hydrogen) atoms. The average Bonchev–Trinajstić information content (AvgIpc) is 3.16. The molecule has 1 aliphatic carbocycles. The van der Waals surface area contributed by atoms with Crippen molar-refractivity contribution in [1.82, 2.24) is 0 Å². The van der Waals surface area contributed by atoms with Crippen LogP contribution in [-0.4, -0.2) is 0 Å². The van der Waals surface area contributed by atoms with Crippen molar-refractivity contribution in [2.75, 3.05) is 0 Å². The molecular formula is C22H44. The molecule has 0 radical (unpaired) electrons. The van der Waals surface area contributed by atoms with E-state index in [0.29, 0.717) is 0 Å². The fraction of sp³-hybridized carbons (Fsp3) is 1.00. The van der Waals surface area contributed by atoms with Gasteiger partial charge in [-0.3, -0.25) is 0 Å². The highest BCUT2D eigenvalue weighted by atomic mass is 14.5. The standard InChI is InChI=1S/C22H44/c1-6-8-10-12-14-16-21-20(15-13-11-9-7-2)22(21)19(5)17-18(3)4/h18-22H,6-17H2,1-5H3. The summed E-state index contributed by atoms with van der Waals surface area (Å²) in [5.41, 5.74) is 0. The predicted octanol–water partition coefficient (Wildman–Crippen LogP) is 7.86. The first-order valence-electron chi connectivity index (χ1n) is 10.6. The highest BCUT2D eigenvalue weighted by Crippen LogP contribution is 2.57. The second-order valence-corrected chi connectivity index (χ2v) is 8.56. The van der Waals surface area contributed by atoms with Crippen LogP contribution in [0.5, 0.6) is 0 Å². The van der Waals surface area contributed by atoms with Crippen LogP contribution in [0.3, 0.4) is 0 Å². The maximum atomic E-state index is 2.54. The van der Waals surface area contributed by atoms with Crippen molar-refractivity contribution in [3.63, 3.8) is 0 Å². The molecule has 4 unspecified atom stereocenters. The molecule has 0 aromatic carbocycles. The van der Waals surface area contributed by atoms with E-state index >= 15 is 0 Å². The Bertz CT molecular complexity index is 255. The zero-order valence-electron chi connectivity index (χ0n) is 16.4. The molecule has 0 aliphatic heterocycles. The highest BCUT2D eigenvalue weighted by Gasteiger charge is 2.50. The molecule has 0 aromatic rings. The summed E-state index contributed by atoms with van der Waals surface area (Å²) in [4.78, 5) is 0. The molecule has 0 amide bonds. The van der Waals surface area contributed by atoms with Gasteiger partial charge in [-0.05, 0) is 48.9 Å². The van der Waals surface area contributed by atoms with Crippen molar-refractivity contribution >= 4 is 0 Å². The van der Waals surface area contributed by atoms with Crippen LogP contribution in [0.15, 0.2) is 0 Å². The van der Waals surface area contributed by atoms with Crippen molar-refractivity contribution < 1.29 is 0 Å². The van der Waals surface area contributed by atoms with Crippen LogP contribution in [0.1, 0.15) is 112 Å². The van der Waals surface area contributed by atoms with Gasteiger partial charge in [-0.1, -0.05) is 92.4 Å². The third kappa shape index (κ3) is 7.51. The monoisotopic (exact) mass is 308 g/mol. The molecule has 0 heteroatoms. The Kier molecular flexibility index (Phi) is 10.5. The van der Waals surface area contributed by atoms with E-state index in [0.717, 1.165) is 29.6 Å². The van der Waals surface area contributed by atoms with Crippen LogP contribution in [0.2, 0.25) is 0 Å². The Labute approximate surface area is 141 Å². The van der Waals surface area contributed by atoms with Crippen LogP contribution >= 0.6 is 0 Å². The van der Waals surface area contributed by atoms with E-state index in [1.54, 1.807) is 0 Å². The fourth-order valence-corrected chi connectivity index (χ4v) is 4.82. The lowest BCUT2D eigenvalue weighted by Crippen LogP contribution is -2.04. The van der Waals surface area contributed by atoms with Gasteiger partial charge in [0.15, 0.2) is 0 Å². The van der Waals surface area contributed by atoms with Gasteiger partial charge in [0.2, 0.25) is 0 Å². The Hall–Kier alpha value is 0. The summed E-state index contributed by atoms with van der Waals surface area (Å²) < 4.78 is 0. The molecule has 132 valence electrons. The highest BCUT2D eigenvalue weighted by molar-refractivity contribution is 4.99. The first-order chi connectivity index (χ1) is 10.6. The van der Waals surface area contributed by atoms with E-state index in [4.69, 9.17) is 0 Å². The van der Waals surface area contributed by atoms with Gasteiger partial charge in [-0.15, -0.1) is 0 Å². The minimum absolute atomic E-state index is 0.876. The Morgan fingerprint density at radius 2 is 1.09 bits per heavy atom. The van der Waals surface area contributed by atoms with Gasteiger partial charge in [0.05, 0.1) is 0 Å². The molecule has 1 aliphatic rings. The molecule has 0 bridgehead atoms. The summed E-state index contributed by atoms with van der Waals surface area (Å²) in [5, 5.41) is 0. The van der Waals surface area contributed by atoms with Crippen molar-refractivity contribution in [1.29, 1.82) is 0 Å². The average molecular weight is 309 g/mol. The molecule has 0 spiro atoms. The molecule has 4 atom stereocenters. The van der Waals surface area contributed by atoms with Crippen LogP contribution in [0, 0.1) is 29.6 Å². The van der Waals surface area contributed by atoms with Crippen molar-refractivity contribution in [3.8, 4) is 0 Å². The van der Waals surface area contributed by atoms with Gasteiger partial charge in [0, 0.05) is 0 Å². The van der Waals surface area contributed by atoms with Crippen molar-refractivity contribution in [2.24, 2.45) is 29.6 Å². The normalized spacial score (nSPS) is 25.6. The molecule has 0 heterocycles. The van der Waals surface area contributed by atoms with E-state index in [1.165, 1.54) is 77.0 Å². The maximum absolute atomic E-state index is 2.54. The lowest BCUT2D eigenvalue weighted by molar-refractivity contribution is 0.363. The van der Waals surface area contributed by atoms with Gasteiger partial charge in [-0.25, -0.2) is 0 Å². The number of unbranched alkanes of at least 4 members (excludes halogenated alkanes) is 7. The second kappa shape index (κ2) is 11.5. The third-order valence-electron chi connectivity index (χ3n) is 5.93. The van der Waals surface area contributed by atoms with E-state index in [9.17, 15) is 0 Å². The third-order valence-corrected chi connectivity index (χ3v) is 5.93. The summed E-state index contributed by atoms with van der Waals surface area (Å²) in [6, 6.07) is 0. The summed E-state index contributed by atoms with van der Waals surface area (Å²) >= 11 is 0. The van der Waals surface area contributed by atoms with E-state index in [2.05, 4.69) is 34.6 Å². The molecule has 1 rings (SSSR count). The van der Waals surface area contributed by atoms with Crippen molar-refractivity contribution in [3.05, 3.63) is 0 Å². The fourth-order valence-electron chi connectivity index (χ4n) is 4.82. The predicted molar refractivity (Wildman–Crippen MR) is 101 cm³/mol. The first kappa shape index (κ1) is 20.0. The summed E-state index contributed by atoms with van der Waals surface area (Å²) in [6.45, 7) is 12.0.